The summed E-state index contributed by atoms with van der Waals surface area (Å²) < 4.78 is 32.9. The Kier molecular flexibility index (Phi) is 5.12. The highest BCUT2D eigenvalue weighted by atomic mass is 19.2. The van der Waals surface area contributed by atoms with Crippen LogP contribution >= 0.6 is 0 Å². The first-order valence-electron chi connectivity index (χ1n) is 8.53. The summed E-state index contributed by atoms with van der Waals surface area (Å²) in [4.78, 5) is 28.1. The zero-order valence-electron chi connectivity index (χ0n) is 15.3. The second-order valence-electron chi connectivity index (χ2n) is 6.57. The molecule has 142 valence electrons. The van der Waals surface area contributed by atoms with E-state index < -0.39 is 23.1 Å². The fourth-order valence-electron chi connectivity index (χ4n) is 3.11. The molecule has 1 aliphatic rings. The van der Waals surface area contributed by atoms with Crippen molar-refractivity contribution < 1.29 is 23.1 Å². The number of anilines is 1. The summed E-state index contributed by atoms with van der Waals surface area (Å²) in [5.74, 6) is -3.78. The molecule has 2 aromatic carbocycles. The van der Waals surface area contributed by atoms with Crippen molar-refractivity contribution in [2.75, 3.05) is 25.1 Å². The number of rotatable bonds is 3. The van der Waals surface area contributed by atoms with E-state index in [1.165, 1.54) is 24.1 Å². The van der Waals surface area contributed by atoms with Gasteiger partial charge in [-0.15, -0.1) is 0 Å². The lowest BCUT2D eigenvalue weighted by molar-refractivity contribution is -0.121. The average molecular weight is 374 g/mol. The van der Waals surface area contributed by atoms with E-state index in [9.17, 15) is 18.4 Å². The largest absolute Gasteiger partial charge is 0.494 e. The number of aryl methyl sites for hydroxylation is 1. The number of piperazine rings is 1. The van der Waals surface area contributed by atoms with Crippen molar-refractivity contribution in [3.63, 3.8) is 0 Å². The van der Waals surface area contributed by atoms with Crippen molar-refractivity contribution in [2.24, 2.45) is 0 Å². The normalized spacial score (nSPS) is 17.2. The van der Waals surface area contributed by atoms with Gasteiger partial charge in [-0.2, -0.15) is 4.39 Å². The van der Waals surface area contributed by atoms with Gasteiger partial charge in [0.05, 0.1) is 12.7 Å². The second kappa shape index (κ2) is 7.34. The summed E-state index contributed by atoms with van der Waals surface area (Å²) in [6, 6.07) is 9.50. The zero-order chi connectivity index (χ0) is 19.7. The van der Waals surface area contributed by atoms with Gasteiger partial charge in [0.2, 0.25) is 11.7 Å². The minimum absolute atomic E-state index is 0.207. The van der Waals surface area contributed by atoms with E-state index >= 15 is 0 Å². The van der Waals surface area contributed by atoms with Crippen LogP contribution in [-0.2, 0) is 4.79 Å². The monoisotopic (exact) mass is 374 g/mol. The Bertz CT molecular complexity index is 884. The molecule has 1 aliphatic heterocycles. The first-order chi connectivity index (χ1) is 12.8. The molecular weight excluding hydrogens is 354 g/mol. The first kappa shape index (κ1) is 18.8. The van der Waals surface area contributed by atoms with Crippen LogP contribution in [0.1, 0.15) is 22.8 Å². The van der Waals surface area contributed by atoms with Crippen LogP contribution in [0, 0.1) is 18.6 Å². The van der Waals surface area contributed by atoms with Crippen LogP contribution in [0.5, 0.6) is 5.75 Å². The van der Waals surface area contributed by atoms with Gasteiger partial charge < -0.3 is 14.5 Å². The Morgan fingerprint density at radius 3 is 2.41 bits per heavy atom. The van der Waals surface area contributed by atoms with Crippen LogP contribution in [0.15, 0.2) is 36.4 Å². The van der Waals surface area contributed by atoms with Crippen molar-refractivity contribution >= 4 is 17.5 Å². The third-order valence-electron chi connectivity index (χ3n) is 4.69. The molecule has 0 bridgehead atoms. The predicted octanol–water partition coefficient (Wildman–Crippen LogP) is 3.16. The van der Waals surface area contributed by atoms with Crippen LogP contribution in [0.2, 0.25) is 0 Å². The van der Waals surface area contributed by atoms with Gasteiger partial charge in [-0.1, -0.05) is 17.7 Å². The lowest BCUT2D eigenvalue weighted by Crippen LogP contribution is -2.57. The van der Waals surface area contributed by atoms with Crippen molar-refractivity contribution in [3.8, 4) is 5.75 Å². The van der Waals surface area contributed by atoms with E-state index in [0.717, 1.165) is 11.3 Å². The molecule has 0 saturated carbocycles. The van der Waals surface area contributed by atoms with Crippen molar-refractivity contribution in [1.29, 1.82) is 0 Å². The molecule has 1 fully saturated rings. The molecule has 1 heterocycles. The first-order valence-corrected chi connectivity index (χ1v) is 8.53. The highest BCUT2D eigenvalue weighted by Crippen LogP contribution is 2.26. The Morgan fingerprint density at radius 1 is 1.11 bits per heavy atom. The smallest absolute Gasteiger partial charge is 0.257 e. The molecule has 0 aromatic heterocycles. The molecule has 2 aromatic rings. The summed E-state index contributed by atoms with van der Waals surface area (Å²) in [5, 5.41) is 0. The third kappa shape index (κ3) is 3.49. The number of nitrogens with zero attached hydrogens (tertiary/aromatic N) is 2. The number of methoxy groups -OCH3 is 1. The molecule has 7 heteroatoms. The van der Waals surface area contributed by atoms with Gasteiger partial charge >= 0.3 is 0 Å². The van der Waals surface area contributed by atoms with Gasteiger partial charge in [0.25, 0.3) is 5.91 Å². The number of hydrogen-bond acceptors (Lipinski definition) is 3. The Balaban J connectivity index is 1.83. The Hall–Kier alpha value is -2.96. The number of carbonyl (C=O) groups excluding carboxylic acids is 2. The average Bonchev–Trinajstić information content (AvgIpc) is 2.65. The molecule has 27 heavy (non-hydrogen) atoms. The van der Waals surface area contributed by atoms with E-state index in [4.69, 9.17) is 4.74 Å². The summed E-state index contributed by atoms with van der Waals surface area (Å²) >= 11 is 0. The van der Waals surface area contributed by atoms with Gasteiger partial charge in [0, 0.05) is 18.3 Å². The number of amides is 2. The number of halogens is 2. The van der Waals surface area contributed by atoms with Crippen LogP contribution in [0.3, 0.4) is 0 Å². The van der Waals surface area contributed by atoms with Crippen molar-refractivity contribution in [1.82, 2.24) is 4.90 Å². The van der Waals surface area contributed by atoms with Crippen LogP contribution in [0.25, 0.3) is 0 Å². The minimum atomic E-state index is -1.28. The van der Waals surface area contributed by atoms with E-state index in [1.807, 2.05) is 31.2 Å². The molecule has 1 atom stereocenters. The van der Waals surface area contributed by atoms with Crippen LogP contribution < -0.4 is 9.64 Å². The van der Waals surface area contributed by atoms with Gasteiger partial charge in [-0.25, -0.2) is 4.39 Å². The third-order valence-corrected chi connectivity index (χ3v) is 4.69. The fraction of sp³-hybridized carbons (Fsp3) is 0.300. The standard InChI is InChI=1S/C20H20F2N2O3/c1-12-4-6-14(7-5-12)24-10-13(2)23(11-17(24)25)20(26)15-8-9-16(27-3)19(22)18(15)21/h4-9,13H,10-11H2,1-3H3/t13-/m0/s1. The molecule has 1 saturated heterocycles. The molecule has 5 nitrogen and oxygen atoms in total. The van der Waals surface area contributed by atoms with Crippen molar-refractivity contribution in [2.45, 2.75) is 19.9 Å². The number of hydrogen-bond donors (Lipinski definition) is 0. The second-order valence-corrected chi connectivity index (χ2v) is 6.57. The van der Waals surface area contributed by atoms with E-state index in [2.05, 4.69) is 0 Å². The summed E-state index contributed by atoms with van der Waals surface area (Å²) in [6.45, 7) is 3.78. The molecule has 0 N–H and O–H groups in total. The topological polar surface area (TPSA) is 49.9 Å². The number of carbonyl (C=O) groups is 2. The van der Waals surface area contributed by atoms with E-state index in [0.29, 0.717) is 0 Å². The van der Waals surface area contributed by atoms with Gasteiger partial charge in [-0.3, -0.25) is 9.59 Å². The Morgan fingerprint density at radius 2 is 1.78 bits per heavy atom. The molecule has 0 radical (unpaired) electrons. The molecule has 0 aliphatic carbocycles. The lowest BCUT2D eigenvalue weighted by Gasteiger charge is -2.39. The van der Waals surface area contributed by atoms with Gasteiger partial charge in [0.15, 0.2) is 11.6 Å². The van der Waals surface area contributed by atoms with Crippen LogP contribution in [-0.4, -0.2) is 43.0 Å². The zero-order valence-corrected chi connectivity index (χ0v) is 15.3. The lowest BCUT2D eigenvalue weighted by atomic mass is 10.1. The number of benzene rings is 2. The van der Waals surface area contributed by atoms with Crippen molar-refractivity contribution in [3.05, 3.63) is 59.2 Å². The van der Waals surface area contributed by atoms with Crippen LogP contribution in [0.4, 0.5) is 14.5 Å². The molecule has 0 unspecified atom stereocenters. The van der Waals surface area contributed by atoms with E-state index in [1.54, 1.807) is 11.8 Å². The van der Waals surface area contributed by atoms with Gasteiger partial charge in [0.1, 0.15) is 6.54 Å². The minimum Gasteiger partial charge on any atom is -0.494 e. The SMILES string of the molecule is COc1ccc(C(=O)N2CC(=O)N(c3ccc(C)cc3)C[C@@H]2C)c(F)c1F. The highest BCUT2D eigenvalue weighted by molar-refractivity contribution is 6.02. The molecule has 2 amide bonds. The maximum atomic E-state index is 14.3. The molecule has 0 spiro atoms. The highest BCUT2D eigenvalue weighted by Gasteiger charge is 2.35. The maximum absolute atomic E-state index is 14.3. The van der Waals surface area contributed by atoms with E-state index in [-0.39, 0.29) is 30.8 Å². The quantitative estimate of drug-likeness (QED) is 0.829. The molecule has 3 rings (SSSR count). The maximum Gasteiger partial charge on any atom is 0.257 e. The number of ether oxygens (including phenoxy) is 1. The fourth-order valence-corrected chi connectivity index (χ4v) is 3.11. The summed E-state index contributed by atoms with van der Waals surface area (Å²) in [5.41, 5.74) is 1.40. The molecular formula is C20H20F2N2O3. The predicted molar refractivity (Wildman–Crippen MR) is 96.9 cm³/mol. The van der Waals surface area contributed by atoms with Gasteiger partial charge in [-0.05, 0) is 38.1 Å². The summed E-state index contributed by atoms with van der Waals surface area (Å²) in [7, 11) is 1.21. The Labute approximate surface area is 156 Å². The summed E-state index contributed by atoms with van der Waals surface area (Å²) in [6.07, 6.45) is 0.